The molecule has 98 valence electrons. The lowest BCUT2D eigenvalue weighted by Gasteiger charge is -2.10. The highest BCUT2D eigenvalue weighted by molar-refractivity contribution is 7.09. The Morgan fingerprint density at radius 1 is 1.32 bits per heavy atom. The summed E-state index contributed by atoms with van der Waals surface area (Å²) in [5.74, 6) is 0.969. The van der Waals surface area contributed by atoms with Crippen molar-refractivity contribution >= 4 is 11.3 Å². The molecule has 0 fully saturated rings. The van der Waals surface area contributed by atoms with Crippen LogP contribution < -0.4 is 4.74 Å². The van der Waals surface area contributed by atoms with E-state index >= 15 is 0 Å². The van der Waals surface area contributed by atoms with Gasteiger partial charge in [-0.25, -0.2) is 4.98 Å². The number of thiazole rings is 1. The van der Waals surface area contributed by atoms with Crippen LogP contribution in [0.1, 0.15) is 21.8 Å². The summed E-state index contributed by atoms with van der Waals surface area (Å²) in [6, 6.07) is 8.25. The zero-order valence-electron chi connectivity index (χ0n) is 11.1. The molecule has 0 unspecified atom stereocenters. The maximum atomic E-state index is 8.60. The van der Waals surface area contributed by atoms with Gasteiger partial charge in [-0.15, -0.1) is 11.3 Å². The normalized spacial score (nSPS) is 10.2. The average molecular weight is 272 g/mol. The fourth-order valence-corrected chi connectivity index (χ4v) is 2.67. The fraction of sp³-hybridized carbons (Fsp3) is 0.333. The molecule has 1 heterocycles. The quantitative estimate of drug-likeness (QED) is 0.837. The number of hydrogen-bond donors (Lipinski definition) is 0. The summed E-state index contributed by atoms with van der Waals surface area (Å²) >= 11 is 1.59. The van der Waals surface area contributed by atoms with Crippen LogP contribution in [-0.2, 0) is 12.8 Å². The zero-order chi connectivity index (χ0) is 13.7. The van der Waals surface area contributed by atoms with E-state index in [1.165, 1.54) is 0 Å². The van der Waals surface area contributed by atoms with Crippen molar-refractivity contribution < 1.29 is 4.74 Å². The Morgan fingerprint density at radius 3 is 2.74 bits per heavy atom. The molecule has 0 amide bonds. The molecule has 0 aliphatic carbocycles. The Hall–Kier alpha value is -1.86. The Balaban J connectivity index is 1.91. The second kappa shape index (κ2) is 6.35. The highest BCUT2D eigenvalue weighted by Crippen LogP contribution is 2.22. The van der Waals surface area contributed by atoms with Gasteiger partial charge < -0.3 is 4.74 Å². The lowest BCUT2D eigenvalue weighted by atomic mass is 10.1. The van der Waals surface area contributed by atoms with Crippen LogP contribution in [0, 0.1) is 25.2 Å². The maximum Gasteiger partial charge on any atom is 0.125 e. The molecule has 1 aromatic heterocycles. The number of hydrogen-bond acceptors (Lipinski definition) is 4. The van der Waals surface area contributed by atoms with E-state index in [1.54, 1.807) is 11.3 Å². The van der Waals surface area contributed by atoms with Crippen LogP contribution in [0.5, 0.6) is 5.75 Å². The molecule has 0 spiro atoms. The van der Waals surface area contributed by atoms with Crippen molar-refractivity contribution in [1.29, 1.82) is 5.26 Å². The molecule has 4 heteroatoms. The minimum absolute atomic E-state index is 0.383. The van der Waals surface area contributed by atoms with Crippen LogP contribution >= 0.6 is 11.3 Å². The van der Waals surface area contributed by atoms with Crippen molar-refractivity contribution in [1.82, 2.24) is 4.98 Å². The van der Waals surface area contributed by atoms with Gasteiger partial charge in [0, 0.05) is 11.8 Å². The monoisotopic (exact) mass is 272 g/mol. The standard InChI is InChI=1S/C15H16N2OS/c1-11-4-3-5-12(2)15(11)18-9-7-14-17-13(6-8-16)10-19-14/h3-5,10H,6-7,9H2,1-2H3. The molecule has 0 saturated heterocycles. The van der Waals surface area contributed by atoms with Gasteiger partial charge in [-0.1, -0.05) is 18.2 Å². The van der Waals surface area contributed by atoms with Gasteiger partial charge in [-0.05, 0) is 25.0 Å². The van der Waals surface area contributed by atoms with Crippen LogP contribution in [-0.4, -0.2) is 11.6 Å². The molecule has 2 rings (SSSR count). The van der Waals surface area contributed by atoms with E-state index in [4.69, 9.17) is 10.00 Å². The number of aromatic nitrogens is 1. The Labute approximate surface area is 117 Å². The van der Waals surface area contributed by atoms with E-state index in [-0.39, 0.29) is 0 Å². The molecule has 3 nitrogen and oxygen atoms in total. The molecular formula is C15H16N2OS. The highest BCUT2D eigenvalue weighted by atomic mass is 32.1. The van der Waals surface area contributed by atoms with Crippen LogP contribution in [0.15, 0.2) is 23.6 Å². The van der Waals surface area contributed by atoms with E-state index < -0.39 is 0 Å². The number of rotatable bonds is 5. The third kappa shape index (κ3) is 3.55. The van der Waals surface area contributed by atoms with E-state index in [0.717, 1.165) is 34.0 Å². The summed E-state index contributed by atoms with van der Waals surface area (Å²) in [7, 11) is 0. The number of benzene rings is 1. The summed E-state index contributed by atoms with van der Waals surface area (Å²) in [4.78, 5) is 4.39. The number of para-hydroxylation sites is 1. The first-order chi connectivity index (χ1) is 9.20. The predicted molar refractivity (Wildman–Crippen MR) is 76.5 cm³/mol. The number of ether oxygens (including phenoxy) is 1. The number of nitriles is 1. The summed E-state index contributed by atoms with van der Waals surface area (Å²) in [6.45, 7) is 4.72. The molecule has 0 aliphatic heterocycles. The SMILES string of the molecule is Cc1cccc(C)c1OCCc1nc(CC#N)cs1. The minimum Gasteiger partial charge on any atom is -0.493 e. The lowest BCUT2D eigenvalue weighted by Crippen LogP contribution is -2.03. The van der Waals surface area contributed by atoms with Crippen molar-refractivity contribution in [3.8, 4) is 11.8 Å². The molecular weight excluding hydrogens is 256 g/mol. The van der Waals surface area contributed by atoms with Gasteiger partial charge in [0.15, 0.2) is 0 Å². The van der Waals surface area contributed by atoms with Gasteiger partial charge in [0.2, 0.25) is 0 Å². The van der Waals surface area contributed by atoms with E-state index in [1.807, 2.05) is 11.4 Å². The molecule has 1 aromatic carbocycles. The first-order valence-corrected chi connectivity index (χ1v) is 7.08. The molecule has 0 saturated carbocycles. The van der Waals surface area contributed by atoms with Crippen molar-refractivity contribution in [3.05, 3.63) is 45.4 Å². The second-order valence-electron chi connectivity index (χ2n) is 4.39. The first kappa shape index (κ1) is 13.6. The highest BCUT2D eigenvalue weighted by Gasteiger charge is 2.05. The van der Waals surface area contributed by atoms with Crippen molar-refractivity contribution in [2.75, 3.05) is 6.61 Å². The average Bonchev–Trinajstić information content (AvgIpc) is 2.81. The zero-order valence-corrected chi connectivity index (χ0v) is 12.0. The third-order valence-electron chi connectivity index (χ3n) is 2.83. The van der Waals surface area contributed by atoms with Crippen LogP contribution in [0.3, 0.4) is 0 Å². The van der Waals surface area contributed by atoms with E-state index in [2.05, 4.69) is 37.0 Å². The fourth-order valence-electron chi connectivity index (χ4n) is 1.89. The van der Waals surface area contributed by atoms with Crippen molar-refractivity contribution in [2.45, 2.75) is 26.7 Å². The van der Waals surface area contributed by atoms with Gasteiger partial charge in [0.05, 0.1) is 29.8 Å². The molecule has 0 aliphatic rings. The Morgan fingerprint density at radius 2 is 2.05 bits per heavy atom. The van der Waals surface area contributed by atoms with Crippen LogP contribution in [0.4, 0.5) is 0 Å². The molecule has 0 bridgehead atoms. The molecule has 0 N–H and O–H groups in total. The van der Waals surface area contributed by atoms with Gasteiger partial charge in [-0.3, -0.25) is 0 Å². The largest absolute Gasteiger partial charge is 0.493 e. The molecule has 0 atom stereocenters. The van der Waals surface area contributed by atoms with E-state index in [0.29, 0.717) is 13.0 Å². The van der Waals surface area contributed by atoms with Crippen LogP contribution in [0.25, 0.3) is 0 Å². The third-order valence-corrected chi connectivity index (χ3v) is 3.79. The predicted octanol–water partition coefficient (Wildman–Crippen LogP) is 3.45. The molecule has 0 radical (unpaired) electrons. The summed E-state index contributed by atoms with van der Waals surface area (Å²) in [5.41, 5.74) is 3.17. The maximum absolute atomic E-state index is 8.60. The Bertz CT molecular complexity index is 578. The molecule has 2 aromatic rings. The number of nitrogens with zero attached hydrogens (tertiary/aromatic N) is 2. The summed E-state index contributed by atoms with van der Waals surface area (Å²) < 4.78 is 5.84. The molecule has 19 heavy (non-hydrogen) atoms. The van der Waals surface area contributed by atoms with Gasteiger partial charge >= 0.3 is 0 Å². The minimum atomic E-state index is 0.383. The van der Waals surface area contributed by atoms with Gasteiger partial charge in [-0.2, -0.15) is 5.26 Å². The summed E-state index contributed by atoms with van der Waals surface area (Å²) in [6.07, 6.45) is 1.16. The van der Waals surface area contributed by atoms with Crippen molar-refractivity contribution in [3.63, 3.8) is 0 Å². The van der Waals surface area contributed by atoms with Gasteiger partial charge in [0.1, 0.15) is 5.75 Å². The second-order valence-corrected chi connectivity index (χ2v) is 5.33. The first-order valence-electron chi connectivity index (χ1n) is 6.20. The summed E-state index contributed by atoms with van der Waals surface area (Å²) in [5, 5.41) is 11.6. The lowest BCUT2D eigenvalue weighted by molar-refractivity contribution is 0.317. The van der Waals surface area contributed by atoms with E-state index in [9.17, 15) is 0 Å². The topological polar surface area (TPSA) is 45.9 Å². The smallest absolute Gasteiger partial charge is 0.125 e. The number of aryl methyl sites for hydroxylation is 2. The van der Waals surface area contributed by atoms with Gasteiger partial charge in [0.25, 0.3) is 0 Å². The Kier molecular flexibility index (Phi) is 4.53. The van der Waals surface area contributed by atoms with Crippen LogP contribution in [0.2, 0.25) is 0 Å². The van der Waals surface area contributed by atoms with Crippen molar-refractivity contribution in [2.24, 2.45) is 0 Å².